The lowest BCUT2D eigenvalue weighted by molar-refractivity contribution is -0.131. The Morgan fingerprint density at radius 1 is 0.925 bits per heavy atom. The van der Waals surface area contributed by atoms with Crippen LogP contribution < -0.4 is 20.3 Å². The molecule has 0 saturated carbocycles. The molecular weight excluding hydrogens is 540 g/mol. The number of carbonyl (C=O) groups excluding carboxylic acids is 4. The van der Waals surface area contributed by atoms with Crippen LogP contribution in [0.3, 0.4) is 0 Å². The van der Waals surface area contributed by atoms with Crippen molar-refractivity contribution in [3.63, 3.8) is 0 Å². The molecule has 208 valence electrons. The second-order valence-electron chi connectivity index (χ2n) is 8.81. The zero-order valence-electron chi connectivity index (χ0n) is 21.3. The number of ether oxygens (including phenoxy) is 1. The molecule has 12 nitrogen and oxygen atoms in total. The van der Waals surface area contributed by atoms with E-state index in [0.29, 0.717) is 17.0 Å². The summed E-state index contributed by atoms with van der Waals surface area (Å²) in [5, 5.41) is 11.8. The molecule has 4 amide bonds. The summed E-state index contributed by atoms with van der Waals surface area (Å²) in [6.07, 6.45) is -0.0303. The number of nitrogens with zero attached hydrogens (tertiary/aromatic N) is 1. The van der Waals surface area contributed by atoms with Gasteiger partial charge >= 0.3 is 0 Å². The number of benzene rings is 3. The number of anilines is 1. The minimum Gasteiger partial charge on any atom is -0.497 e. The molecule has 40 heavy (non-hydrogen) atoms. The zero-order chi connectivity index (χ0) is 28.9. The molecule has 0 aliphatic carbocycles. The molecular formula is C27H26N4O8S. The van der Waals surface area contributed by atoms with Gasteiger partial charge in [-0.2, -0.15) is 4.72 Å². The first-order chi connectivity index (χ1) is 19.1. The summed E-state index contributed by atoms with van der Waals surface area (Å²) in [7, 11) is -2.72. The summed E-state index contributed by atoms with van der Waals surface area (Å²) >= 11 is 0. The van der Waals surface area contributed by atoms with E-state index in [0.717, 1.165) is 4.90 Å². The van der Waals surface area contributed by atoms with Gasteiger partial charge in [-0.15, -0.1) is 0 Å². The van der Waals surface area contributed by atoms with Gasteiger partial charge in [0.2, 0.25) is 10.0 Å². The van der Waals surface area contributed by atoms with Crippen molar-refractivity contribution in [2.75, 3.05) is 19.0 Å². The van der Waals surface area contributed by atoms with Crippen molar-refractivity contribution >= 4 is 39.3 Å². The molecule has 1 heterocycles. The lowest BCUT2D eigenvalue weighted by Crippen LogP contribution is -2.46. The molecule has 1 aliphatic rings. The Labute approximate surface area is 230 Å². The highest BCUT2D eigenvalue weighted by atomic mass is 32.2. The number of methoxy groups -OCH3 is 1. The molecule has 3 aromatic rings. The first-order valence-corrected chi connectivity index (χ1v) is 13.6. The molecule has 0 saturated heterocycles. The van der Waals surface area contributed by atoms with Crippen molar-refractivity contribution in [1.82, 2.24) is 15.1 Å². The van der Waals surface area contributed by atoms with Crippen LogP contribution in [-0.4, -0.2) is 61.9 Å². The summed E-state index contributed by atoms with van der Waals surface area (Å²) in [5.41, 5.74) is 2.70. The minimum atomic E-state index is -4.23. The number of hydroxylamine groups is 1. The van der Waals surface area contributed by atoms with E-state index in [1.165, 1.54) is 36.9 Å². The van der Waals surface area contributed by atoms with Gasteiger partial charge in [-0.05, 0) is 73.5 Å². The van der Waals surface area contributed by atoms with Gasteiger partial charge in [0.25, 0.3) is 23.6 Å². The van der Waals surface area contributed by atoms with Gasteiger partial charge in [-0.25, -0.2) is 13.9 Å². The molecule has 0 fully saturated rings. The fourth-order valence-electron chi connectivity index (χ4n) is 4.14. The summed E-state index contributed by atoms with van der Waals surface area (Å²) in [5.74, 6) is -1.76. The number of nitrogens with one attached hydrogen (secondary N) is 3. The lowest BCUT2D eigenvalue weighted by atomic mass is 10.1. The molecule has 0 bridgehead atoms. The number of amides is 4. The Kier molecular flexibility index (Phi) is 8.58. The van der Waals surface area contributed by atoms with Crippen molar-refractivity contribution in [3.8, 4) is 5.75 Å². The average Bonchev–Trinajstić information content (AvgIpc) is 3.21. The van der Waals surface area contributed by atoms with Crippen LogP contribution in [0.2, 0.25) is 0 Å². The Hall–Kier alpha value is -4.59. The van der Waals surface area contributed by atoms with E-state index >= 15 is 0 Å². The molecule has 0 unspecified atom stereocenters. The maximum atomic E-state index is 13.0. The summed E-state index contributed by atoms with van der Waals surface area (Å²) in [6.45, 7) is -0.0497. The van der Waals surface area contributed by atoms with E-state index < -0.39 is 39.7 Å². The van der Waals surface area contributed by atoms with Gasteiger partial charge in [0.1, 0.15) is 11.8 Å². The molecule has 4 N–H and O–H groups in total. The molecule has 1 atom stereocenters. The molecule has 13 heteroatoms. The van der Waals surface area contributed by atoms with Crippen LogP contribution >= 0.6 is 0 Å². The van der Waals surface area contributed by atoms with E-state index in [2.05, 4.69) is 10.0 Å². The predicted molar refractivity (Wildman–Crippen MR) is 142 cm³/mol. The Bertz CT molecular complexity index is 1500. The summed E-state index contributed by atoms with van der Waals surface area (Å²) in [4.78, 5) is 50.6. The van der Waals surface area contributed by atoms with E-state index in [9.17, 15) is 27.6 Å². The van der Waals surface area contributed by atoms with Crippen molar-refractivity contribution in [3.05, 3.63) is 89.5 Å². The average molecular weight is 567 g/mol. The fraction of sp³-hybridized carbons (Fsp3) is 0.185. The second-order valence-corrected chi connectivity index (χ2v) is 10.5. The minimum absolute atomic E-state index is 0.0497. The zero-order valence-corrected chi connectivity index (χ0v) is 22.1. The SMILES string of the molecule is COc1ccc(C(=O)Nc2ccc(S(=O)(=O)N[C@H](CCCN3C(=O)c4ccccc4C3=O)C(=O)NO)cc2)cc1. The molecule has 4 rings (SSSR count). The third kappa shape index (κ3) is 6.17. The van der Waals surface area contributed by atoms with Crippen LogP contribution in [-0.2, 0) is 14.8 Å². The largest absolute Gasteiger partial charge is 0.497 e. The Morgan fingerprint density at radius 2 is 1.52 bits per heavy atom. The molecule has 0 radical (unpaired) electrons. The first-order valence-electron chi connectivity index (χ1n) is 12.1. The topological polar surface area (TPSA) is 171 Å². The second kappa shape index (κ2) is 12.1. The number of sulfonamides is 1. The number of hydrogen-bond acceptors (Lipinski definition) is 8. The maximum absolute atomic E-state index is 13.0. The molecule has 0 spiro atoms. The van der Waals surface area contributed by atoms with Crippen molar-refractivity contribution in [1.29, 1.82) is 0 Å². The monoisotopic (exact) mass is 566 g/mol. The highest BCUT2D eigenvalue weighted by molar-refractivity contribution is 7.89. The Morgan fingerprint density at radius 3 is 2.08 bits per heavy atom. The van der Waals surface area contributed by atoms with Gasteiger partial charge in [0.05, 0.1) is 23.1 Å². The lowest BCUT2D eigenvalue weighted by Gasteiger charge is -2.19. The fourth-order valence-corrected chi connectivity index (χ4v) is 5.37. The van der Waals surface area contributed by atoms with Crippen molar-refractivity contribution < 1.29 is 37.5 Å². The number of hydrogen-bond donors (Lipinski definition) is 4. The molecule has 3 aromatic carbocycles. The number of carbonyl (C=O) groups is 4. The highest BCUT2D eigenvalue weighted by Crippen LogP contribution is 2.23. The summed E-state index contributed by atoms with van der Waals surface area (Å²) < 4.78 is 33.2. The van der Waals surface area contributed by atoms with Crippen LogP contribution in [0.25, 0.3) is 0 Å². The van der Waals surface area contributed by atoms with E-state index in [4.69, 9.17) is 9.94 Å². The van der Waals surface area contributed by atoms with Gasteiger partial charge < -0.3 is 10.1 Å². The van der Waals surface area contributed by atoms with Crippen LogP contribution in [0, 0.1) is 0 Å². The van der Waals surface area contributed by atoms with Gasteiger partial charge in [0.15, 0.2) is 0 Å². The van der Waals surface area contributed by atoms with Crippen molar-refractivity contribution in [2.24, 2.45) is 0 Å². The quantitative estimate of drug-likeness (QED) is 0.155. The van der Waals surface area contributed by atoms with Crippen LogP contribution in [0.1, 0.15) is 43.9 Å². The third-order valence-electron chi connectivity index (χ3n) is 6.25. The Balaban J connectivity index is 1.37. The van der Waals surface area contributed by atoms with E-state index in [1.807, 2.05) is 0 Å². The normalized spacial score (nSPS) is 13.5. The standard InChI is InChI=1S/C27H26N4O8S/c1-39-19-12-8-17(9-13-19)24(32)28-18-10-14-20(15-11-18)40(37,38)30-23(25(33)29-36)7-4-16-31-26(34)21-5-2-3-6-22(21)27(31)35/h2-3,5-6,8-15,23,30,36H,4,7,16H2,1H3,(H,28,32)(H,29,33)/t23-/m1/s1. The first kappa shape index (κ1) is 28.4. The molecule has 0 aromatic heterocycles. The number of rotatable bonds is 11. The van der Waals surface area contributed by atoms with Gasteiger partial charge in [-0.3, -0.25) is 29.3 Å². The van der Waals surface area contributed by atoms with Crippen LogP contribution in [0.4, 0.5) is 5.69 Å². The van der Waals surface area contributed by atoms with Crippen molar-refractivity contribution in [2.45, 2.75) is 23.8 Å². The van der Waals surface area contributed by atoms with E-state index in [1.54, 1.807) is 48.5 Å². The summed E-state index contributed by atoms with van der Waals surface area (Å²) in [6, 6.07) is 16.7. The third-order valence-corrected chi connectivity index (χ3v) is 7.74. The predicted octanol–water partition coefficient (Wildman–Crippen LogP) is 2.18. The maximum Gasteiger partial charge on any atom is 0.261 e. The number of fused-ring (bicyclic) bond motifs is 1. The van der Waals surface area contributed by atoms with Crippen LogP contribution in [0.5, 0.6) is 5.75 Å². The molecule has 1 aliphatic heterocycles. The smallest absolute Gasteiger partial charge is 0.261 e. The highest BCUT2D eigenvalue weighted by Gasteiger charge is 2.35. The van der Waals surface area contributed by atoms with Gasteiger partial charge in [0, 0.05) is 17.8 Å². The number of imide groups is 1. The van der Waals surface area contributed by atoms with Gasteiger partial charge in [-0.1, -0.05) is 12.1 Å². The van der Waals surface area contributed by atoms with E-state index in [-0.39, 0.29) is 35.4 Å². The van der Waals surface area contributed by atoms with Crippen LogP contribution in [0.15, 0.2) is 77.7 Å².